The highest BCUT2D eigenvalue weighted by Crippen LogP contribution is 2.14. The Morgan fingerprint density at radius 2 is 1.88 bits per heavy atom. The van der Waals surface area contributed by atoms with Gasteiger partial charge < -0.3 is 14.7 Å². The zero-order valence-electron chi connectivity index (χ0n) is 13.5. The summed E-state index contributed by atoms with van der Waals surface area (Å²) in [6.45, 7) is 3.79. The number of hydrogen-bond donors (Lipinski definition) is 1. The zero-order chi connectivity index (χ0) is 16.8. The highest BCUT2D eigenvalue weighted by Gasteiger charge is 2.23. The Balaban J connectivity index is 1.39. The fourth-order valence-corrected chi connectivity index (χ4v) is 3.44. The summed E-state index contributed by atoms with van der Waals surface area (Å²) in [5.74, 6) is 0.875. The van der Waals surface area contributed by atoms with Crippen molar-refractivity contribution in [2.45, 2.75) is 6.10 Å². The number of hydrogen-bond acceptors (Lipinski definition) is 5. The lowest BCUT2D eigenvalue weighted by atomic mass is 10.2. The Hall–Kier alpha value is -1.89. The van der Waals surface area contributed by atoms with Crippen molar-refractivity contribution in [1.29, 1.82) is 0 Å². The molecule has 1 fully saturated rings. The number of piperazine rings is 1. The van der Waals surface area contributed by atoms with Gasteiger partial charge in [0.25, 0.3) is 5.91 Å². The molecule has 1 aliphatic rings. The van der Waals surface area contributed by atoms with E-state index < -0.39 is 6.10 Å². The summed E-state index contributed by atoms with van der Waals surface area (Å²) in [4.78, 5) is 17.2. The van der Waals surface area contributed by atoms with Crippen LogP contribution in [0.1, 0.15) is 9.67 Å². The van der Waals surface area contributed by atoms with Crippen molar-refractivity contribution in [2.75, 3.05) is 39.3 Å². The van der Waals surface area contributed by atoms with Gasteiger partial charge in [0.15, 0.2) is 0 Å². The smallest absolute Gasteiger partial charge is 0.264 e. The predicted octanol–water partition coefficient (Wildman–Crippen LogP) is 1.95. The van der Waals surface area contributed by atoms with E-state index in [9.17, 15) is 9.90 Å². The van der Waals surface area contributed by atoms with Gasteiger partial charge in [0, 0.05) is 32.7 Å². The van der Waals surface area contributed by atoms with Crippen LogP contribution < -0.4 is 4.74 Å². The number of carbonyl (C=O) groups excluding carboxylic acids is 1. The van der Waals surface area contributed by atoms with Gasteiger partial charge in [0.05, 0.1) is 4.88 Å². The molecule has 128 valence electrons. The van der Waals surface area contributed by atoms with E-state index in [1.54, 1.807) is 0 Å². The van der Waals surface area contributed by atoms with Gasteiger partial charge in [-0.05, 0) is 23.6 Å². The molecular weight excluding hydrogens is 324 g/mol. The van der Waals surface area contributed by atoms with Crippen molar-refractivity contribution < 1.29 is 14.6 Å². The summed E-state index contributed by atoms with van der Waals surface area (Å²) < 4.78 is 5.58. The number of thiophene rings is 1. The number of aliphatic hydroxyl groups is 1. The molecule has 0 saturated carbocycles. The number of benzene rings is 1. The van der Waals surface area contributed by atoms with Crippen molar-refractivity contribution in [1.82, 2.24) is 9.80 Å². The maximum atomic E-state index is 12.3. The van der Waals surface area contributed by atoms with Crippen molar-refractivity contribution in [3.8, 4) is 5.75 Å². The van der Waals surface area contributed by atoms with E-state index >= 15 is 0 Å². The largest absolute Gasteiger partial charge is 0.491 e. The first-order valence-electron chi connectivity index (χ1n) is 8.13. The maximum absolute atomic E-state index is 12.3. The molecule has 1 aromatic carbocycles. The molecule has 2 aromatic rings. The van der Waals surface area contributed by atoms with Crippen LogP contribution in [-0.4, -0.2) is 66.2 Å². The van der Waals surface area contributed by atoms with E-state index in [0.717, 1.165) is 23.7 Å². The molecule has 3 rings (SSSR count). The second kappa shape index (κ2) is 8.28. The van der Waals surface area contributed by atoms with Gasteiger partial charge in [0.2, 0.25) is 0 Å². The van der Waals surface area contributed by atoms with E-state index in [1.807, 2.05) is 52.7 Å². The summed E-state index contributed by atoms with van der Waals surface area (Å²) in [5, 5.41) is 12.1. The maximum Gasteiger partial charge on any atom is 0.264 e. The minimum atomic E-state index is -0.537. The summed E-state index contributed by atoms with van der Waals surface area (Å²) >= 11 is 1.48. The Bertz CT molecular complexity index is 625. The van der Waals surface area contributed by atoms with E-state index in [2.05, 4.69) is 4.90 Å². The second-order valence-electron chi connectivity index (χ2n) is 5.85. The summed E-state index contributed by atoms with van der Waals surface area (Å²) in [5.41, 5.74) is 0. The molecule has 1 aromatic heterocycles. The quantitative estimate of drug-likeness (QED) is 0.869. The number of β-amino-alcohol motifs (C(OH)–C–C–N with tert-alkyl or cyclic N) is 1. The zero-order valence-corrected chi connectivity index (χ0v) is 14.3. The van der Waals surface area contributed by atoms with Crippen molar-refractivity contribution >= 4 is 17.2 Å². The lowest BCUT2D eigenvalue weighted by molar-refractivity contribution is 0.0406. The number of aliphatic hydroxyl groups excluding tert-OH is 1. The number of carbonyl (C=O) groups is 1. The average molecular weight is 346 g/mol. The van der Waals surface area contributed by atoms with Crippen LogP contribution in [0.25, 0.3) is 0 Å². The average Bonchev–Trinajstić information content (AvgIpc) is 3.16. The topological polar surface area (TPSA) is 53.0 Å². The number of ether oxygens (including phenoxy) is 1. The predicted molar refractivity (Wildman–Crippen MR) is 94.6 cm³/mol. The van der Waals surface area contributed by atoms with Crippen LogP contribution in [0.2, 0.25) is 0 Å². The van der Waals surface area contributed by atoms with Crippen LogP contribution >= 0.6 is 11.3 Å². The normalized spacial score (nSPS) is 16.8. The number of para-hydroxylation sites is 1. The fraction of sp³-hybridized carbons (Fsp3) is 0.389. The first-order valence-corrected chi connectivity index (χ1v) is 9.01. The Labute approximate surface area is 146 Å². The van der Waals surface area contributed by atoms with Crippen molar-refractivity contribution in [3.05, 3.63) is 52.7 Å². The lowest BCUT2D eigenvalue weighted by Gasteiger charge is -2.35. The molecule has 2 heterocycles. The van der Waals surface area contributed by atoms with E-state index in [1.165, 1.54) is 11.3 Å². The highest BCUT2D eigenvalue weighted by atomic mass is 32.1. The molecule has 1 saturated heterocycles. The molecule has 5 nitrogen and oxygen atoms in total. The van der Waals surface area contributed by atoms with E-state index in [4.69, 9.17) is 4.74 Å². The highest BCUT2D eigenvalue weighted by molar-refractivity contribution is 7.12. The SMILES string of the molecule is O=C(c1cccs1)N1CCN(C[C@@H](O)COc2ccccc2)CC1. The lowest BCUT2D eigenvalue weighted by Crippen LogP contribution is -2.50. The van der Waals surface area contributed by atoms with Crippen LogP contribution in [-0.2, 0) is 0 Å². The van der Waals surface area contributed by atoms with Crippen molar-refractivity contribution in [2.24, 2.45) is 0 Å². The van der Waals surface area contributed by atoms with Gasteiger partial charge in [-0.1, -0.05) is 24.3 Å². The molecule has 0 radical (unpaired) electrons. The van der Waals surface area contributed by atoms with Crippen molar-refractivity contribution in [3.63, 3.8) is 0 Å². The summed E-state index contributed by atoms with van der Waals surface area (Å²) in [7, 11) is 0. The van der Waals surface area contributed by atoms with Crippen LogP contribution in [0.5, 0.6) is 5.75 Å². The van der Waals surface area contributed by atoms with Gasteiger partial charge in [-0.3, -0.25) is 9.69 Å². The number of nitrogens with zero attached hydrogens (tertiary/aromatic N) is 2. The molecule has 0 bridgehead atoms. The van der Waals surface area contributed by atoms with E-state index in [0.29, 0.717) is 19.6 Å². The first-order chi connectivity index (χ1) is 11.7. The minimum absolute atomic E-state index is 0.109. The molecule has 1 atom stereocenters. The van der Waals surface area contributed by atoms with Crippen LogP contribution in [0.3, 0.4) is 0 Å². The molecule has 1 N–H and O–H groups in total. The Kier molecular flexibility index (Phi) is 5.85. The number of rotatable bonds is 6. The third kappa shape index (κ3) is 4.56. The molecule has 6 heteroatoms. The van der Waals surface area contributed by atoms with E-state index in [-0.39, 0.29) is 12.5 Å². The number of amides is 1. The molecule has 1 amide bonds. The second-order valence-corrected chi connectivity index (χ2v) is 6.80. The Morgan fingerprint density at radius 3 is 2.54 bits per heavy atom. The standard InChI is InChI=1S/C18H22N2O3S/c21-15(14-23-16-5-2-1-3-6-16)13-19-8-10-20(11-9-19)18(22)17-7-4-12-24-17/h1-7,12,15,21H,8-11,13-14H2/t15-/m1/s1. The molecular formula is C18H22N2O3S. The van der Waals surface area contributed by atoms with Crippen LogP contribution in [0.15, 0.2) is 47.8 Å². The molecule has 0 aliphatic carbocycles. The van der Waals surface area contributed by atoms with Gasteiger partial charge in [-0.25, -0.2) is 0 Å². The molecule has 1 aliphatic heterocycles. The fourth-order valence-electron chi connectivity index (χ4n) is 2.75. The third-order valence-corrected chi connectivity index (χ3v) is 4.90. The Morgan fingerprint density at radius 1 is 1.12 bits per heavy atom. The molecule has 0 spiro atoms. The van der Waals surface area contributed by atoms with Gasteiger partial charge in [0.1, 0.15) is 18.5 Å². The van der Waals surface area contributed by atoms with Gasteiger partial charge in [-0.2, -0.15) is 0 Å². The monoisotopic (exact) mass is 346 g/mol. The molecule has 24 heavy (non-hydrogen) atoms. The minimum Gasteiger partial charge on any atom is -0.491 e. The summed E-state index contributed by atoms with van der Waals surface area (Å²) in [6, 6.07) is 13.3. The molecule has 0 unspecified atom stereocenters. The summed E-state index contributed by atoms with van der Waals surface area (Å²) in [6.07, 6.45) is -0.537. The van der Waals surface area contributed by atoms with Gasteiger partial charge >= 0.3 is 0 Å². The van der Waals surface area contributed by atoms with Crippen LogP contribution in [0, 0.1) is 0 Å². The third-order valence-electron chi connectivity index (χ3n) is 4.05. The van der Waals surface area contributed by atoms with Crippen LogP contribution in [0.4, 0.5) is 0 Å². The first kappa shape index (κ1) is 17.0. The van der Waals surface area contributed by atoms with Gasteiger partial charge in [-0.15, -0.1) is 11.3 Å².